The number of carbonyl (C=O) groups excluding carboxylic acids is 4. The highest BCUT2D eigenvalue weighted by atomic mass is 16.6. The number of fused-ring (bicyclic) bond motifs is 2. The Hall–Kier alpha value is -4.48. The van der Waals surface area contributed by atoms with Crippen LogP contribution >= 0.6 is 0 Å². The molecule has 0 aliphatic carbocycles. The third-order valence-electron chi connectivity index (χ3n) is 10.5. The Balaban J connectivity index is 1.47. The van der Waals surface area contributed by atoms with Crippen LogP contribution in [0.1, 0.15) is 51.7 Å². The lowest BCUT2D eigenvalue weighted by Gasteiger charge is -2.40. The highest BCUT2D eigenvalue weighted by Crippen LogP contribution is 2.54. The van der Waals surface area contributed by atoms with E-state index in [2.05, 4.69) is 5.32 Å². The fraction of sp³-hybridized carbons (Fsp3) is 0.474. The monoisotopic (exact) mass is 671 g/mol. The van der Waals surface area contributed by atoms with Gasteiger partial charge in [-0.1, -0.05) is 74.9 Å². The number of methoxy groups -OCH3 is 1. The number of aliphatic hydroxyl groups excluding tert-OH is 1. The number of rotatable bonds is 7. The number of hydrogen-bond acceptors (Lipinski definition) is 8. The SMILES string of the molecule is CC[C@H](C)[C@H](CO)N1C(=O)[C@@H]2[C@H]3C(=O)O[C@H](c4ccccc4)[C@@H](C)NC(=O)CC/C=C\[C@H]3O[C@@]23C=CCN(c2ccc(OC)cc2)C(=O)[C@@H]13. The van der Waals surface area contributed by atoms with Crippen LogP contribution in [-0.4, -0.2) is 83.8 Å². The Labute approximate surface area is 286 Å². The lowest BCUT2D eigenvalue weighted by Crippen LogP contribution is -2.59. The molecular weight excluding hydrogens is 626 g/mol. The van der Waals surface area contributed by atoms with Crippen molar-refractivity contribution in [1.29, 1.82) is 0 Å². The van der Waals surface area contributed by atoms with Crippen LogP contribution in [-0.2, 0) is 28.7 Å². The van der Waals surface area contributed by atoms with E-state index in [-0.39, 0.29) is 37.3 Å². The fourth-order valence-electron chi connectivity index (χ4n) is 7.81. The third-order valence-corrected chi connectivity index (χ3v) is 10.5. The number of likely N-dealkylation sites (tertiary alicyclic amines) is 1. The normalized spacial score (nSPS) is 32.0. The quantitative estimate of drug-likeness (QED) is 0.336. The first-order valence-corrected chi connectivity index (χ1v) is 17.1. The summed E-state index contributed by atoms with van der Waals surface area (Å²) in [5, 5.41) is 13.7. The molecule has 0 aromatic heterocycles. The summed E-state index contributed by atoms with van der Waals surface area (Å²) in [6.07, 6.45) is 6.55. The lowest BCUT2D eigenvalue weighted by molar-refractivity contribution is -0.162. The summed E-state index contributed by atoms with van der Waals surface area (Å²) in [6.45, 7) is 5.51. The first kappa shape index (κ1) is 34.4. The van der Waals surface area contributed by atoms with E-state index in [1.807, 2.05) is 50.3 Å². The Kier molecular flexibility index (Phi) is 9.94. The van der Waals surface area contributed by atoms with Crippen LogP contribution in [0.4, 0.5) is 5.69 Å². The van der Waals surface area contributed by atoms with Crippen LogP contribution in [0.5, 0.6) is 5.75 Å². The Morgan fingerprint density at radius 1 is 1.04 bits per heavy atom. The van der Waals surface area contributed by atoms with Gasteiger partial charge < -0.3 is 34.4 Å². The molecule has 4 heterocycles. The minimum Gasteiger partial charge on any atom is -0.497 e. The van der Waals surface area contributed by atoms with Gasteiger partial charge in [-0.3, -0.25) is 19.2 Å². The number of amides is 3. The number of nitrogens with zero attached hydrogens (tertiary/aromatic N) is 2. The predicted molar refractivity (Wildman–Crippen MR) is 181 cm³/mol. The van der Waals surface area contributed by atoms with Crippen LogP contribution in [0.2, 0.25) is 0 Å². The van der Waals surface area contributed by atoms with Gasteiger partial charge in [-0.2, -0.15) is 0 Å². The highest BCUT2D eigenvalue weighted by molar-refractivity contribution is 6.05. The Bertz CT molecular complexity index is 1610. The van der Waals surface area contributed by atoms with Crippen molar-refractivity contribution in [2.45, 2.75) is 76.0 Å². The van der Waals surface area contributed by atoms with Crippen LogP contribution < -0.4 is 15.0 Å². The lowest BCUT2D eigenvalue weighted by atomic mass is 9.77. The smallest absolute Gasteiger partial charge is 0.313 e. The van der Waals surface area contributed by atoms with Gasteiger partial charge in [0.1, 0.15) is 29.4 Å². The molecule has 0 radical (unpaired) electrons. The molecule has 11 nitrogen and oxygen atoms in total. The summed E-state index contributed by atoms with van der Waals surface area (Å²) >= 11 is 0. The maximum Gasteiger partial charge on any atom is 0.313 e. The minimum absolute atomic E-state index is 0.162. The van der Waals surface area contributed by atoms with Crippen LogP contribution in [0.3, 0.4) is 0 Å². The minimum atomic E-state index is -1.53. The van der Waals surface area contributed by atoms with E-state index >= 15 is 0 Å². The second-order valence-corrected chi connectivity index (χ2v) is 13.4. The molecule has 1 spiro atoms. The average molecular weight is 672 g/mol. The highest BCUT2D eigenvalue weighted by Gasteiger charge is 2.73. The van der Waals surface area contributed by atoms with Crippen molar-refractivity contribution in [3.63, 3.8) is 0 Å². The van der Waals surface area contributed by atoms with Crippen molar-refractivity contribution in [2.75, 3.05) is 25.2 Å². The number of anilines is 1. The second-order valence-electron chi connectivity index (χ2n) is 13.4. The molecule has 4 aliphatic rings. The molecule has 0 unspecified atom stereocenters. The molecule has 9 atom stereocenters. The maximum atomic E-state index is 14.9. The van der Waals surface area contributed by atoms with E-state index in [1.54, 1.807) is 61.4 Å². The second kappa shape index (κ2) is 14.2. The number of cyclic esters (lactones) is 1. The zero-order chi connectivity index (χ0) is 34.9. The molecule has 11 heteroatoms. The molecule has 260 valence electrons. The van der Waals surface area contributed by atoms with Gasteiger partial charge in [0.05, 0.1) is 37.8 Å². The molecule has 49 heavy (non-hydrogen) atoms. The summed E-state index contributed by atoms with van der Waals surface area (Å²) in [4.78, 5) is 60.2. The number of aliphatic hydroxyl groups is 1. The molecule has 2 N–H and O–H groups in total. The number of ether oxygens (including phenoxy) is 3. The predicted octanol–water partition coefficient (Wildman–Crippen LogP) is 3.73. The van der Waals surface area contributed by atoms with Gasteiger partial charge in [0.15, 0.2) is 0 Å². The van der Waals surface area contributed by atoms with Gasteiger partial charge >= 0.3 is 5.97 Å². The molecule has 0 bridgehead atoms. The summed E-state index contributed by atoms with van der Waals surface area (Å²) in [5.41, 5.74) is -0.236. The van der Waals surface area contributed by atoms with Gasteiger partial charge in [-0.25, -0.2) is 0 Å². The van der Waals surface area contributed by atoms with Crippen molar-refractivity contribution in [1.82, 2.24) is 10.2 Å². The first-order chi connectivity index (χ1) is 23.6. The van der Waals surface area contributed by atoms with E-state index in [0.29, 0.717) is 29.8 Å². The van der Waals surface area contributed by atoms with Crippen molar-refractivity contribution in [3.05, 3.63) is 84.5 Å². The van der Waals surface area contributed by atoms with Crippen LogP contribution in [0.15, 0.2) is 78.9 Å². The largest absolute Gasteiger partial charge is 0.497 e. The molecule has 2 aromatic carbocycles. The van der Waals surface area contributed by atoms with E-state index in [1.165, 1.54) is 4.90 Å². The van der Waals surface area contributed by atoms with E-state index < -0.39 is 59.6 Å². The van der Waals surface area contributed by atoms with Crippen molar-refractivity contribution in [3.8, 4) is 5.75 Å². The standard InChI is InChI=1S/C38H45N3O8/c1-5-23(2)28(22-42)41-34-36(45)40(26-16-18-27(47-4)19-17-26)21-11-20-38(34)32(35(41)44)31-29(49-38)14-9-10-15-30(43)39-24(3)33(48-37(31)46)25-12-7-6-8-13-25/h6-9,11-14,16-20,23-24,28-29,31-34,42H,5,10,15,21-22H2,1-4H3,(H,39,43)/b14-9-/t23-,24+,28-,29+,31-,32-,33-,34+,38-/m0/s1. The number of allylic oxidation sites excluding steroid dienone is 1. The van der Waals surface area contributed by atoms with Crippen LogP contribution in [0.25, 0.3) is 0 Å². The number of carbonyl (C=O) groups is 4. The first-order valence-electron chi connectivity index (χ1n) is 17.1. The Morgan fingerprint density at radius 2 is 1.78 bits per heavy atom. The third kappa shape index (κ3) is 6.14. The maximum absolute atomic E-state index is 14.9. The molecule has 4 aliphatic heterocycles. The van der Waals surface area contributed by atoms with Gasteiger partial charge in [0.25, 0.3) is 5.91 Å². The summed E-state index contributed by atoms with van der Waals surface area (Å²) in [7, 11) is 1.57. The van der Waals surface area contributed by atoms with Gasteiger partial charge in [-0.05, 0) is 49.1 Å². The number of nitrogens with one attached hydrogen (secondary N) is 1. The zero-order valence-electron chi connectivity index (χ0n) is 28.4. The molecule has 3 amide bonds. The average Bonchev–Trinajstić information content (AvgIpc) is 3.50. The summed E-state index contributed by atoms with van der Waals surface area (Å²) in [5.74, 6) is -3.42. The molecule has 2 saturated heterocycles. The number of benzene rings is 2. The van der Waals surface area contributed by atoms with Crippen molar-refractivity contribution in [2.24, 2.45) is 17.8 Å². The van der Waals surface area contributed by atoms with E-state index in [4.69, 9.17) is 14.2 Å². The van der Waals surface area contributed by atoms with Crippen molar-refractivity contribution < 1.29 is 38.5 Å². The van der Waals surface area contributed by atoms with Gasteiger partial charge in [0.2, 0.25) is 11.8 Å². The molecule has 2 aromatic rings. The summed E-state index contributed by atoms with van der Waals surface area (Å²) in [6, 6.07) is 13.8. The number of esters is 1. The Morgan fingerprint density at radius 3 is 2.45 bits per heavy atom. The van der Waals surface area contributed by atoms with Crippen LogP contribution in [0, 0.1) is 17.8 Å². The molecular formula is C38H45N3O8. The van der Waals surface area contributed by atoms with Gasteiger partial charge in [-0.15, -0.1) is 0 Å². The fourth-order valence-corrected chi connectivity index (χ4v) is 7.81. The molecule has 2 fully saturated rings. The van der Waals surface area contributed by atoms with Crippen molar-refractivity contribution >= 4 is 29.4 Å². The number of hydrogen-bond donors (Lipinski definition) is 2. The zero-order valence-corrected chi connectivity index (χ0v) is 28.4. The van der Waals surface area contributed by atoms with E-state index in [0.717, 1.165) is 0 Å². The molecule has 6 rings (SSSR count). The topological polar surface area (TPSA) is 135 Å². The van der Waals surface area contributed by atoms with Gasteiger partial charge in [0, 0.05) is 18.7 Å². The van der Waals surface area contributed by atoms with E-state index in [9.17, 15) is 24.3 Å². The summed E-state index contributed by atoms with van der Waals surface area (Å²) < 4.78 is 18.4. The molecule has 0 saturated carbocycles.